The van der Waals surface area contributed by atoms with Crippen molar-refractivity contribution in [1.82, 2.24) is 4.90 Å². The maximum absolute atomic E-state index is 13.3. The van der Waals surface area contributed by atoms with Gasteiger partial charge in [0.05, 0.1) is 5.69 Å². The normalized spacial score (nSPS) is 16.4. The minimum absolute atomic E-state index is 0.0268. The van der Waals surface area contributed by atoms with Gasteiger partial charge in [-0.25, -0.2) is 4.39 Å². The van der Waals surface area contributed by atoms with Crippen LogP contribution in [0.5, 0.6) is 0 Å². The monoisotopic (exact) mass is 250 g/mol. The molecule has 0 saturated carbocycles. The topological polar surface area (TPSA) is 46.3 Å². The van der Waals surface area contributed by atoms with E-state index in [0.717, 1.165) is 25.9 Å². The molecule has 1 fully saturated rings. The maximum atomic E-state index is 13.3. The van der Waals surface area contributed by atoms with Crippen LogP contribution in [0.1, 0.15) is 41.6 Å². The molecular weight excluding hydrogens is 231 g/mol. The molecule has 1 aromatic rings. The number of carbonyl (C=O) groups is 1. The van der Waals surface area contributed by atoms with Crippen LogP contribution in [-0.4, -0.2) is 23.9 Å². The minimum atomic E-state index is -0.458. The van der Waals surface area contributed by atoms with Gasteiger partial charge >= 0.3 is 0 Å². The zero-order valence-corrected chi connectivity index (χ0v) is 10.7. The Morgan fingerprint density at radius 1 is 1.22 bits per heavy atom. The quantitative estimate of drug-likeness (QED) is 0.779. The number of amides is 1. The highest BCUT2D eigenvalue weighted by Crippen LogP contribution is 2.20. The van der Waals surface area contributed by atoms with Crippen molar-refractivity contribution in [3.05, 3.63) is 29.1 Å². The molecule has 1 aliphatic heterocycles. The number of anilines is 1. The van der Waals surface area contributed by atoms with Gasteiger partial charge in [0.15, 0.2) is 0 Å². The summed E-state index contributed by atoms with van der Waals surface area (Å²) >= 11 is 0. The number of hydrogen-bond donors (Lipinski definition) is 1. The number of nitrogen functional groups attached to an aromatic ring is 1. The second kappa shape index (κ2) is 5.38. The highest BCUT2D eigenvalue weighted by Gasteiger charge is 2.20. The third-order valence-corrected chi connectivity index (χ3v) is 3.47. The van der Waals surface area contributed by atoms with Crippen LogP contribution in [0.4, 0.5) is 10.1 Å². The molecule has 4 heteroatoms. The van der Waals surface area contributed by atoms with Crippen molar-refractivity contribution in [3.8, 4) is 0 Å². The first kappa shape index (κ1) is 12.9. The summed E-state index contributed by atoms with van der Waals surface area (Å²) in [5, 5.41) is 0. The van der Waals surface area contributed by atoms with Gasteiger partial charge in [-0.3, -0.25) is 4.79 Å². The smallest absolute Gasteiger partial charge is 0.254 e. The van der Waals surface area contributed by atoms with Crippen molar-refractivity contribution in [2.45, 2.75) is 32.6 Å². The van der Waals surface area contributed by atoms with Crippen LogP contribution in [0.3, 0.4) is 0 Å². The van der Waals surface area contributed by atoms with Crippen molar-refractivity contribution in [2.24, 2.45) is 0 Å². The molecule has 0 aliphatic carbocycles. The van der Waals surface area contributed by atoms with E-state index in [9.17, 15) is 9.18 Å². The Bertz CT molecular complexity index is 451. The molecule has 0 radical (unpaired) electrons. The molecule has 1 aromatic carbocycles. The van der Waals surface area contributed by atoms with Crippen LogP contribution in [0, 0.1) is 12.7 Å². The van der Waals surface area contributed by atoms with Crippen LogP contribution >= 0.6 is 0 Å². The molecule has 0 bridgehead atoms. The molecule has 0 unspecified atom stereocenters. The summed E-state index contributed by atoms with van der Waals surface area (Å²) in [4.78, 5) is 14.2. The lowest BCUT2D eigenvalue weighted by Gasteiger charge is -2.21. The molecule has 2 N–H and O–H groups in total. The molecule has 0 aromatic heterocycles. The number of likely N-dealkylation sites (tertiary alicyclic amines) is 1. The van der Waals surface area contributed by atoms with Gasteiger partial charge in [-0.2, -0.15) is 0 Å². The number of benzene rings is 1. The molecular formula is C14H19FN2O. The molecule has 1 amide bonds. The Balaban J connectivity index is 2.24. The fraction of sp³-hybridized carbons (Fsp3) is 0.500. The van der Waals surface area contributed by atoms with E-state index in [1.807, 2.05) is 4.90 Å². The zero-order valence-electron chi connectivity index (χ0n) is 10.7. The van der Waals surface area contributed by atoms with E-state index in [2.05, 4.69) is 0 Å². The molecule has 3 nitrogen and oxygen atoms in total. The molecule has 1 aliphatic rings. The summed E-state index contributed by atoms with van der Waals surface area (Å²) in [6.07, 6.45) is 4.44. The van der Waals surface area contributed by atoms with Gasteiger partial charge in [-0.1, -0.05) is 12.8 Å². The number of nitrogens with two attached hydrogens (primary N) is 1. The summed E-state index contributed by atoms with van der Waals surface area (Å²) in [5.41, 5.74) is 6.76. The third kappa shape index (κ3) is 2.63. The number of hydrogen-bond acceptors (Lipinski definition) is 2. The summed E-state index contributed by atoms with van der Waals surface area (Å²) in [5.74, 6) is -0.485. The highest BCUT2D eigenvalue weighted by molar-refractivity contribution is 5.96. The first-order valence-electron chi connectivity index (χ1n) is 6.44. The van der Waals surface area contributed by atoms with Crippen molar-refractivity contribution in [1.29, 1.82) is 0 Å². The number of aryl methyl sites for hydroxylation is 1. The number of rotatable bonds is 1. The standard InChI is InChI=1S/C14H19FN2O/c1-10-8-12(15)13(16)9-11(10)14(18)17-6-4-2-3-5-7-17/h8-9H,2-7,16H2,1H3. The van der Waals surface area contributed by atoms with Gasteiger partial charge in [0.2, 0.25) is 0 Å². The Kier molecular flexibility index (Phi) is 3.84. The van der Waals surface area contributed by atoms with Gasteiger partial charge in [0, 0.05) is 18.7 Å². The van der Waals surface area contributed by atoms with E-state index < -0.39 is 5.82 Å². The van der Waals surface area contributed by atoms with Crippen LogP contribution in [0.2, 0.25) is 0 Å². The lowest BCUT2D eigenvalue weighted by atomic mass is 10.1. The highest BCUT2D eigenvalue weighted by atomic mass is 19.1. The predicted octanol–water partition coefficient (Wildman–Crippen LogP) is 2.73. The second-order valence-corrected chi connectivity index (χ2v) is 4.90. The minimum Gasteiger partial charge on any atom is -0.396 e. The van der Waals surface area contributed by atoms with Gasteiger partial charge in [0.25, 0.3) is 5.91 Å². The molecule has 1 saturated heterocycles. The SMILES string of the molecule is Cc1cc(F)c(N)cc1C(=O)N1CCCCCC1. The molecule has 0 spiro atoms. The van der Waals surface area contributed by atoms with Gasteiger partial charge < -0.3 is 10.6 Å². The van der Waals surface area contributed by atoms with E-state index in [-0.39, 0.29) is 11.6 Å². The molecule has 18 heavy (non-hydrogen) atoms. The van der Waals surface area contributed by atoms with Gasteiger partial charge in [-0.05, 0) is 37.5 Å². The van der Waals surface area contributed by atoms with E-state index in [0.29, 0.717) is 11.1 Å². The summed E-state index contributed by atoms with van der Waals surface area (Å²) < 4.78 is 13.3. The fourth-order valence-corrected chi connectivity index (χ4v) is 2.36. The van der Waals surface area contributed by atoms with E-state index >= 15 is 0 Å². The second-order valence-electron chi connectivity index (χ2n) is 4.90. The first-order valence-corrected chi connectivity index (χ1v) is 6.44. The van der Waals surface area contributed by atoms with E-state index in [4.69, 9.17) is 5.73 Å². The molecule has 98 valence electrons. The summed E-state index contributed by atoms with van der Waals surface area (Å²) in [7, 11) is 0. The van der Waals surface area contributed by atoms with Crippen molar-refractivity contribution < 1.29 is 9.18 Å². The van der Waals surface area contributed by atoms with Crippen molar-refractivity contribution in [2.75, 3.05) is 18.8 Å². The largest absolute Gasteiger partial charge is 0.396 e. The number of nitrogens with zero attached hydrogens (tertiary/aromatic N) is 1. The Hall–Kier alpha value is -1.58. The molecule has 0 atom stereocenters. The van der Waals surface area contributed by atoms with Crippen LogP contribution in [0.15, 0.2) is 12.1 Å². The summed E-state index contributed by atoms with van der Waals surface area (Å²) in [6.45, 7) is 3.32. The third-order valence-electron chi connectivity index (χ3n) is 3.47. The molecule has 2 rings (SSSR count). The Morgan fingerprint density at radius 2 is 1.83 bits per heavy atom. The Morgan fingerprint density at radius 3 is 2.44 bits per heavy atom. The first-order chi connectivity index (χ1) is 8.59. The average Bonchev–Trinajstić information content (AvgIpc) is 2.61. The van der Waals surface area contributed by atoms with Gasteiger partial charge in [0.1, 0.15) is 5.82 Å². The zero-order chi connectivity index (χ0) is 13.1. The number of carbonyl (C=O) groups excluding carboxylic acids is 1. The number of halogens is 1. The molecule has 1 heterocycles. The summed E-state index contributed by atoms with van der Waals surface area (Å²) in [6, 6.07) is 2.79. The van der Waals surface area contributed by atoms with Gasteiger partial charge in [-0.15, -0.1) is 0 Å². The average molecular weight is 250 g/mol. The lowest BCUT2D eigenvalue weighted by Crippen LogP contribution is -2.32. The van der Waals surface area contributed by atoms with Crippen molar-refractivity contribution in [3.63, 3.8) is 0 Å². The van der Waals surface area contributed by atoms with Crippen LogP contribution in [-0.2, 0) is 0 Å². The lowest BCUT2D eigenvalue weighted by molar-refractivity contribution is 0.0761. The Labute approximate surface area is 107 Å². The fourth-order valence-electron chi connectivity index (χ4n) is 2.36. The van der Waals surface area contributed by atoms with Crippen molar-refractivity contribution >= 4 is 11.6 Å². The maximum Gasteiger partial charge on any atom is 0.254 e. The predicted molar refractivity (Wildman–Crippen MR) is 69.9 cm³/mol. The van der Waals surface area contributed by atoms with Crippen LogP contribution < -0.4 is 5.73 Å². The van der Waals surface area contributed by atoms with E-state index in [1.54, 1.807) is 6.92 Å². The van der Waals surface area contributed by atoms with E-state index in [1.165, 1.54) is 25.0 Å². The van der Waals surface area contributed by atoms with Crippen LogP contribution in [0.25, 0.3) is 0 Å².